The quantitative estimate of drug-likeness (QED) is 0.612. The number of anilines is 1. The highest BCUT2D eigenvalue weighted by Gasteiger charge is 2.35. The van der Waals surface area contributed by atoms with Crippen molar-refractivity contribution in [3.63, 3.8) is 0 Å². The fraction of sp³-hybridized carbons (Fsp3) is 0.400. The van der Waals surface area contributed by atoms with E-state index in [-0.39, 0.29) is 11.3 Å². The lowest BCUT2D eigenvalue weighted by molar-refractivity contribution is -0.140. The summed E-state index contributed by atoms with van der Waals surface area (Å²) in [6, 6.07) is 1.26. The van der Waals surface area contributed by atoms with Crippen molar-refractivity contribution in [3.05, 3.63) is 29.1 Å². The second kappa shape index (κ2) is 4.29. The maximum atomic E-state index is 13.6. The smallest absolute Gasteiger partial charge is 0.399 e. The number of halogens is 4. The lowest BCUT2D eigenvalue weighted by Crippen LogP contribution is -2.18. The van der Waals surface area contributed by atoms with Gasteiger partial charge in [0.2, 0.25) is 0 Å². The second-order valence-electron chi connectivity index (χ2n) is 3.48. The molecule has 1 rings (SSSR count). The van der Waals surface area contributed by atoms with Crippen LogP contribution in [0.25, 0.3) is 0 Å². The Bertz CT molecular complexity index is 387. The first-order chi connectivity index (χ1) is 7.27. The third-order valence-corrected chi connectivity index (χ3v) is 2.33. The average molecular weight is 236 g/mol. The number of nitrogens with one attached hydrogen (secondary N) is 1. The van der Waals surface area contributed by atoms with Crippen molar-refractivity contribution in [2.45, 2.75) is 19.1 Å². The molecule has 1 aromatic carbocycles. The fourth-order valence-electron chi connectivity index (χ4n) is 1.35. The fourth-order valence-corrected chi connectivity index (χ4v) is 1.35. The van der Waals surface area contributed by atoms with Gasteiger partial charge in [-0.15, -0.1) is 0 Å². The lowest BCUT2D eigenvalue weighted by Gasteiger charge is -2.16. The average Bonchev–Trinajstić information content (AvgIpc) is 2.18. The van der Waals surface area contributed by atoms with E-state index < -0.39 is 23.6 Å². The molecule has 0 saturated heterocycles. The summed E-state index contributed by atoms with van der Waals surface area (Å²) >= 11 is 0. The molecule has 0 aromatic heterocycles. The molecule has 0 unspecified atom stereocenters. The van der Waals surface area contributed by atoms with Crippen LogP contribution in [0.15, 0.2) is 12.1 Å². The van der Waals surface area contributed by atoms with Crippen molar-refractivity contribution < 1.29 is 17.6 Å². The van der Waals surface area contributed by atoms with Gasteiger partial charge in [0.05, 0.1) is 5.56 Å². The molecule has 6 heteroatoms. The predicted octanol–water partition coefficient (Wildman–Crippen LogP) is 2.71. The van der Waals surface area contributed by atoms with Gasteiger partial charge in [0, 0.05) is 17.3 Å². The number of nitrogen functional groups attached to an aromatic ring is 1. The lowest BCUT2D eigenvalue weighted by atomic mass is 10.0. The van der Waals surface area contributed by atoms with Crippen molar-refractivity contribution in [1.29, 1.82) is 0 Å². The minimum Gasteiger partial charge on any atom is -0.399 e. The summed E-state index contributed by atoms with van der Waals surface area (Å²) in [7, 11) is 1.53. The number of rotatable bonds is 2. The molecule has 0 amide bonds. The molecular formula is C10H12F4N2. The third-order valence-electron chi connectivity index (χ3n) is 2.33. The molecule has 0 aliphatic heterocycles. The summed E-state index contributed by atoms with van der Waals surface area (Å²) in [6.45, 7) is 1.55. The molecule has 0 aliphatic rings. The van der Waals surface area contributed by atoms with Crippen LogP contribution in [-0.4, -0.2) is 7.05 Å². The predicted molar refractivity (Wildman–Crippen MR) is 53.3 cm³/mol. The molecule has 0 heterocycles. The molecule has 2 nitrogen and oxygen atoms in total. The first kappa shape index (κ1) is 12.8. The molecule has 3 N–H and O–H groups in total. The first-order valence-electron chi connectivity index (χ1n) is 4.60. The topological polar surface area (TPSA) is 38.0 Å². The van der Waals surface area contributed by atoms with Gasteiger partial charge in [0.1, 0.15) is 5.82 Å². The minimum absolute atomic E-state index is 0.0881. The van der Waals surface area contributed by atoms with Gasteiger partial charge in [0.25, 0.3) is 0 Å². The van der Waals surface area contributed by atoms with E-state index >= 15 is 0 Å². The number of hydrogen-bond acceptors (Lipinski definition) is 2. The van der Waals surface area contributed by atoms with Gasteiger partial charge in [-0.25, -0.2) is 4.39 Å². The van der Waals surface area contributed by atoms with E-state index in [1.165, 1.54) is 13.1 Å². The van der Waals surface area contributed by atoms with Gasteiger partial charge in [0.15, 0.2) is 0 Å². The Morgan fingerprint density at radius 3 is 2.31 bits per heavy atom. The van der Waals surface area contributed by atoms with Gasteiger partial charge in [-0.05, 0) is 26.1 Å². The van der Waals surface area contributed by atoms with Crippen molar-refractivity contribution in [2.24, 2.45) is 0 Å². The molecule has 16 heavy (non-hydrogen) atoms. The molecule has 90 valence electrons. The van der Waals surface area contributed by atoms with Crippen LogP contribution >= 0.6 is 0 Å². The van der Waals surface area contributed by atoms with Crippen molar-refractivity contribution in [3.8, 4) is 0 Å². The number of alkyl halides is 3. The van der Waals surface area contributed by atoms with Crippen LogP contribution < -0.4 is 11.1 Å². The maximum Gasteiger partial charge on any atom is 0.419 e. The summed E-state index contributed by atoms with van der Waals surface area (Å²) in [4.78, 5) is 0. The largest absolute Gasteiger partial charge is 0.419 e. The van der Waals surface area contributed by atoms with Crippen molar-refractivity contribution >= 4 is 5.69 Å². The zero-order chi connectivity index (χ0) is 12.5. The van der Waals surface area contributed by atoms with Gasteiger partial charge in [-0.1, -0.05) is 0 Å². The van der Waals surface area contributed by atoms with E-state index in [9.17, 15) is 17.6 Å². The Kier molecular flexibility index (Phi) is 3.42. The van der Waals surface area contributed by atoms with E-state index in [0.29, 0.717) is 6.07 Å². The van der Waals surface area contributed by atoms with Crippen LogP contribution in [0.4, 0.5) is 23.2 Å². The summed E-state index contributed by atoms with van der Waals surface area (Å²) < 4.78 is 51.0. The number of hydrogen-bond donors (Lipinski definition) is 2. The van der Waals surface area contributed by atoms with Gasteiger partial charge in [-0.2, -0.15) is 13.2 Å². The first-order valence-corrected chi connectivity index (χ1v) is 4.60. The highest BCUT2D eigenvalue weighted by Crippen LogP contribution is 2.35. The Hall–Kier alpha value is -1.30. The Morgan fingerprint density at radius 1 is 1.31 bits per heavy atom. The Labute approximate surface area is 90.4 Å². The van der Waals surface area contributed by atoms with Crippen LogP contribution in [0.5, 0.6) is 0 Å². The van der Waals surface area contributed by atoms with Gasteiger partial charge in [-0.3, -0.25) is 0 Å². The molecule has 1 atom stereocenters. The normalized spacial score (nSPS) is 13.9. The molecule has 0 spiro atoms. The molecule has 0 aliphatic carbocycles. The molecule has 0 saturated carbocycles. The van der Waals surface area contributed by atoms with Crippen LogP contribution in [0.1, 0.15) is 24.1 Å². The van der Waals surface area contributed by atoms with E-state index in [1.54, 1.807) is 6.92 Å². The molecule has 1 aromatic rings. The number of benzene rings is 1. The Morgan fingerprint density at radius 2 is 1.88 bits per heavy atom. The van der Waals surface area contributed by atoms with E-state index in [0.717, 1.165) is 0 Å². The second-order valence-corrected chi connectivity index (χ2v) is 3.48. The highest BCUT2D eigenvalue weighted by molar-refractivity contribution is 5.47. The van der Waals surface area contributed by atoms with Crippen LogP contribution in [0.2, 0.25) is 0 Å². The maximum absolute atomic E-state index is 13.6. The SMILES string of the molecule is CN[C@H](C)c1cc(N)cc(C(F)(F)F)c1F. The summed E-state index contributed by atoms with van der Waals surface area (Å²) in [6.07, 6.45) is -4.73. The summed E-state index contributed by atoms with van der Waals surface area (Å²) in [5.41, 5.74) is 3.80. The molecule has 0 bridgehead atoms. The third kappa shape index (κ3) is 2.44. The zero-order valence-corrected chi connectivity index (χ0v) is 8.82. The van der Waals surface area contributed by atoms with E-state index in [1.807, 2.05) is 0 Å². The molecular weight excluding hydrogens is 224 g/mol. The van der Waals surface area contributed by atoms with Crippen LogP contribution in [0, 0.1) is 5.82 Å². The minimum atomic E-state index is -4.73. The van der Waals surface area contributed by atoms with Gasteiger partial charge >= 0.3 is 6.18 Å². The van der Waals surface area contributed by atoms with E-state index in [4.69, 9.17) is 5.73 Å². The summed E-state index contributed by atoms with van der Waals surface area (Å²) in [5.74, 6) is -1.27. The number of nitrogens with two attached hydrogens (primary N) is 1. The summed E-state index contributed by atoms with van der Waals surface area (Å²) in [5, 5.41) is 2.67. The van der Waals surface area contributed by atoms with Gasteiger partial charge < -0.3 is 11.1 Å². The van der Waals surface area contributed by atoms with Crippen LogP contribution in [0.3, 0.4) is 0 Å². The van der Waals surface area contributed by atoms with Crippen LogP contribution in [-0.2, 0) is 6.18 Å². The standard InChI is InChI=1S/C10H12F4N2/c1-5(16-2)7-3-6(15)4-8(9(7)11)10(12,13)14/h3-5,16H,15H2,1-2H3/t5-/m1/s1. The van der Waals surface area contributed by atoms with E-state index in [2.05, 4.69) is 5.32 Å². The molecule has 0 fully saturated rings. The zero-order valence-electron chi connectivity index (χ0n) is 8.82. The Balaban J connectivity index is 3.38. The molecule has 0 radical (unpaired) electrons. The van der Waals surface area contributed by atoms with Crippen molar-refractivity contribution in [2.75, 3.05) is 12.8 Å². The highest BCUT2D eigenvalue weighted by atomic mass is 19.4. The monoisotopic (exact) mass is 236 g/mol. The van der Waals surface area contributed by atoms with Crippen molar-refractivity contribution in [1.82, 2.24) is 5.32 Å².